The maximum absolute atomic E-state index is 11.5. The lowest BCUT2D eigenvalue weighted by atomic mass is 9.90. The van der Waals surface area contributed by atoms with Gasteiger partial charge in [0.25, 0.3) is 0 Å². The number of hydrogen-bond acceptors (Lipinski definition) is 4. The Hall–Kier alpha value is -1.39. The van der Waals surface area contributed by atoms with Gasteiger partial charge in [-0.2, -0.15) is 0 Å². The van der Waals surface area contributed by atoms with Gasteiger partial charge in [-0.15, -0.1) is 0 Å². The summed E-state index contributed by atoms with van der Waals surface area (Å²) in [4.78, 5) is 35.8. The average molecular weight is 227 g/mol. The van der Waals surface area contributed by atoms with Crippen LogP contribution in [0, 0.1) is 5.92 Å². The fourth-order valence-electron chi connectivity index (χ4n) is 2.31. The van der Waals surface area contributed by atoms with E-state index < -0.39 is 12.0 Å². The second-order valence-corrected chi connectivity index (χ2v) is 4.07. The predicted molar refractivity (Wildman–Crippen MR) is 57.0 cm³/mol. The first kappa shape index (κ1) is 12.7. The molecule has 0 bridgehead atoms. The van der Waals surface area contributed by atoms with Crippen molar-refractivity contribution >= 4 is 17.7 Å². The minimum atomic E-state index is -0.707. The molecule has 0 saturated carbocycles. The van der Waals surface area contributed by atoms with Crippen LogP contribution in [0.5, 0.6) is 0 Å². The molecule has 1 amide bonds. The second-order valence-electron chi connectivity index (χ2n) is 4.07. The predicted octanol–water partition coefficient (Wildman–Crippen LogP) is 1.01. The molecule has 1 saturated heterocycles. The second kappa shape index (κ2) is 5.09. The summed E-state index contributed by atoms with van der Waals surface area (Å²) in [6.45, 7) is 3.33. The van der Waals surface area contributed by atoms with Crippen LogP contribution in [0.1, 0.15) is 26.7 Å². The van der Waals surface area contributed by atoms with Crippen molar-refractivity contribution in [3.05, 3.63) is 0 Å². The Morgan fingerprint density at radius 2 is 1.81 bits per heavy atom. The number of carbonyl (C=O) groups excluding carboxylic acids is 3. The number of nitrogens with zero attached hydrogens (tertiary/aromatic N) is 1. The molecule has 1 fully saturated rings. The zero-order chi connectivity index (χ0) is 12.3. The Bertz CT molecular complexity index is 299. The first-order chi connectivity index (χ1) is 7.49. The highest BCUT2D eigenvalue weighted by Gasteiger charge is 2.39. The van der Waals surface area contributed by atoms with Crippen LogP contribution >= 0.6 is 0 Å². The van der Waals surface area contributed by atoms with Crippen LogP contribution in [0.4, 0.5) is 4.79 Å². The number of amides is 1. The van der Waals surface area contributed by atoms with Crippen molar-refractivity contribution in [2.75, 3.05) is 13.7 Å². The van der Waals surface area contributed by atoms with Crippen molar-refractivity contribution in [3.63, 3.8) is 0 Å². The Labute approximate surface area is 94.7 Å². The molecule has 90 valence electrons. The van der Waals surface area contributed by atoms with Gasteiger partial charge >= 0.3 is 6.09 Å². The van der Waals surface area contributed by atoms with Gasteiger partial charge in [-0.1, -0.05) is 0 Å². The molecule has 0 aromatic heterocycles. The minimum absolute atomic E-state index is 0.187. The summed E-state index contributed by atoms with van der Waals surface area (Å²) in [7, 11) is 1.30. The van der Waals surface area contributed by atoms with E-state index in [1.54, 1.807) is 0 Å². The summed E-state index contributed by atoms with van der Waals surface area (Å²) in [5, 5.41) is 0. The van der Waals surface area contributed by atoms with Crippen LogP contribution in [0.15, 0.2) is 0 Å². The highest BCUT2D eigenvalue weighted by atomic mass is 16.5. The Morgan fingerprint density at radius 3 is 2.25 bits per heavy atom. The van der Waals surface area contributed by atoms with Crippen LogP contribution in [0.25, 0.3) is 0 Å². The molecule has 0 aromatic rings. The number of rotatable bonds is 3. The molecule has 16 heavy (non-hydrogen) atoms. The SMILES string of the molecule is COC(=O)N1CCCC1C(C(C)=O)C(C)=O. The van der Waals surface area contributed by atoms with Crippen LogP contribution in [-0.4, -0.2) is 42.3 Å². The van der Waals surface area contributed by atoms with Gasteiger partial charge in [-0.25, -0.2) is 4.79 Å². The number of carbonyl (C=O) groups is 3. The molecule has 1 aliphatic rings. The van der Waals surface area contributed by atoms with Crippen LogP contribution in [0.2, 0.25) is 0 Å². The lowest BCUT2D eigenvalue weighted by molar-refractivity contribution is -0.132. The molecule has 1 atom stereocenters. The van der Waals surface area contributed by atoms with E-state index in [0.717, 1.165) is 6.42 Å². The molecule has 0 aliphatic carbocycles. The quantitative estimate of drug-likeness (QED) is 0.675. The number of ether oxygens (including phenoxy) is 1. The number of ketones is 2. The van der Waals surface area contributed by atoms with Gasteiger partial charge in [0.1, 0.15) is 11.6 Å². The van der Waals surface area contributed by atoms with Crippen LogP contribution < -0.4 is 0 Å². The summed E-state index contributed by atoms with van der Waals surface area (Å²) < 4.78 is 4.64. The van der Waals surface area contributed by atoms with Gasteiger partial charge in [-0.3, -0.25) is 9.59 Å². The molecule has 1 unspecified atom stereocenters. The van der Waals surface area contributed by atoms with E-state index in [9.17, 15) is 14.4 Å². The lowest BCUT2D eigenvalue weighted by Gasteiger charge is -2.27. The van der Waals surface area contributed by atoms with Crippen molar-refractivity contribution in [1.29, 1.82) is 0 Å². The molecular formula is C11H17NO4. The van der Waals surface area contributed by atoms with E-state index in [1.165, 1.54) is 25.9 Å². The molecule has 0 radical (unpaired) electrons. The topological polar surface area (TPSA) is 63.7 Å². The van der Waals surface area contributed by atoms with Crippen molar-refractivity contribution in [1.82, 2.24) is 4.90 Å². The number of hydrogen-bond donors (Lipinski definition) is 0. The molecular weight excluding hydrogens is 210 g/mol. The van der Waals surface area contributed by atoms with Gasteiger partial charge in [0, 0.05) is 6.54 Å². The third-order valence-electron chi connectivity index (χ3n) is 2.97. The Balaban J connectivity index is 2.87. The lowest BCUT2D eigenvalue weighted by Crippen LogP contribution is -2.44. The average Bonchev–Trinajstić information content (AvgIpc) is 2.64. The highest BCUT2D eigenvalue weighted by molar-refractivity contribution is 6.01. The maximum atomic E-state index is 11.5. The summed E-state index contributed by atoms with van der Waals surface area (Å²) in [6.07, 6.45) is 1.02. The van der Waals surface area contributed by atoms with Gasteiger partial charge in [0.05, 0.1) is 19.1 Å². The Kier molecular flexibility index (Phi) is 4.04. The molecule has 0 spiro atoms. The first-order valence-corrected chi connectivity index (χ1v) is 5.34. The van der Waals surface area contributed by atoms with Gasteiger partial charge in [-0.05, 0) is 26.7 Å². The third kappa shape index (κ3) is 2.40. The van der Waals surface area contributed by atoms with Crippen molar-refractivity contribution in [2.45, 2.75) is 32.7 Å². The zero-order valence-electron chi connectivity index (χ0n) is 9.86. The van der Waals surface area contributed by atoms with E-state index in [4.69, 9.17) is 0 Å². The van der Waals surface area contributed by atoms with Crippen LogP contribution in [-0.2, 0) is 14.3 Å². The molecule has 1 rings (SSSR count). The van der Waals surface area contributed by atoms with E-state index in [-0.39, 0.29) is 17.6 Å². The van der Waals surface area contributed by atoms with Crippen molar-refractivity contribution < 1.29 is 19.1 Å². The van der Waals surface area contributed by atoms with Crippen molar-refractivity contribution in [3.8, 4) is 0 Å². The van der Waals surface area contributed by atoms with Gasteiger partial charge in [0.2, 0.25) is 0 Å². The fourth-order valence-corrected chi connectivity index (χ4v) is 2.31. The summed E-state index contributed by atoms with van der Waals surface area (Å²) in [6, 6.07) is -0.331. The molecule has 1 aliphatic heterocycles. The van der Waals surface area contributed by atoms with Gasteiger partial charge < -0.3 is 9.64 Å². The summed E-state index contributed by atoms with van der Waals surface area (Å²) >= 11 is 0. The molecule has 1 heterocycles. The third-order valence-corrected chi connectivity index (χ3v) is 2.97. The van der Waals surface area contributed by atoms with Crippen LogP contribution in [0.3, 0.4) is 0 Å². The summed E-state index contributed by atoms with van der Waals surface area (Å²) in [5.74, 6) is -1.08. The largest absolute Gasteiger partial charge is 0.453 e. The molecule has 0 aromatic carbocycles. The van der Waals surface area contributed by atoms with E-state index in [1.807, 2.05) is 0 Å². The highest BCUT2D eigenvalue weighted by Crippen LogP contribution is 2.26. The van der Waals surface area contributed by atoms with Gasteiger partial charge in [0.15, 0.2) is 0 Å². The van der Waals surface area contributed by atoms with E-state index in [0.29, 0.717) is 13.0 Å². The fraction of sp³-hybridized carbons (Fsp3) is 0.727. The monoisotopic (exact) mass is 227 g/mol. The number of methoxy groups -OCH3 is 1. The normalized spacial score (nSPS) is 20.0. The first-order valence-electron chi connectivity index (χ1n) is 5.34. The zero-order valence-corrected chi connectivity index (χ0v) is 9.86. The smallest absolute Gasteiger partial charge is 0.409 e. The number of likely N-dealkylation sites (tertiary alicyclic amines) is 1. The molecule has 5 nitrogen and oxygen atoms in total. The molecule has 5 heteroatoms. The van der Waals surface area contributed by atoms with Crippen molar-refractivity contribution in [2.24, 2.45) is 5.92 Å². The standard InChI is InChI=1S/C11H17NO4/c1-7(13)10(8(2)14)9-5-4-6-12(9)11(15)16-3/h9-10H,4-6H2,1-3H3. The maximum Gasteiger partial charge on any atom is 0.409 e. The van der Waals surface area contributed by atoms with E-state index >= 15 is 0 Å². The molecule has 0 N–H and O–H groups in total. The van der Waals surface area contributed by atoms with E-state index in [2.05, 4.69) is 4.74 Å². The Morgan fingerprint density at radius 1 is 1.25 bits per heavy atom. The minimum Gasteiger partial charge on any atom is -0.453 e. The number of Topliss-reactive ketones (excluding diaryl/α,β-unsaturated/α-hetero) is 2. The summed E-state index contributed by atoms with van der Waals surface area (Å²) in [5.41, 5.74) is 0.